The minimum atomic E-state index is -4.67. The van der Waals surface area contributed by atoms with E-state index in [0.717, 1.165) is 42.5 Å². The molecule has 0 unspecified atom stereocenters. The molecule has 0 saturated carbocycles. The van der Waals surface area contributed by atoms with Crippen LogP contribution in [0.25, 0.3) is 17.2 Å². The summed E-state index contributed by atoms with van der Waals surface area (Å²) in [5.74, 6) is -2.61. The van der Waals surface area contributed by atoms with Crippen molar-refractivity contribution < 1.29 is 26.3 Å². The summed E-state index contributed by atoms with van der Waals surface area (Å²) in [6.07, 6.45) is 0.319. The fourth-order valence-corrected chi connectivity index (χ4v) is 3.77. The molecule has 0 atom stereocenters. The molecule has 0 bridgehead atoms. The monoisotopic (exact) mass is 476 g/mol. The summed E-state index contributed by atoms with van der Waals surface area (Å²) in [7, 11) is 0. The van der Waals surface area contributed by atoms with Crippen molar-refractivity contribution in [3.8, 4) is 11.1 Å². The zero-order valence-corrected chi connectivity index (χ0v) is 18.9. The average molecular weight is 477 g/mol. The standard InChI is InChI=1S/C28H26F6/c1-2-3-4-5-19-6-9-21(10-7-19)23-13-12-22(25(29)18-23)11-8-20-16-26(30)24(27(31)17-20)14-15-28(32,33)34/h6-7,9-10,12-18H,2-5,8,11H2,1H3. The highest BCUT2D eigenvalue weighted by atomic mass is 19.4. The van der Waals surface area contributed by atoms with Crippen LogP contribution in [0.2, 0.25) is 0 Å². The highest BCUT2D eigenvalue weighted by Crippen LogP contribution is 2.25. The molecular formula is C28H26F6. The van der Waals surface area contributed by atoms with Gasteiger partial charge in [-0.3, -0.25) is 0 Å². The van der Waals surface area contributed by atoms with Crippen LogP contribution in [0, 0.1) is 17.5 Å². The van der Waals surface area contributed by atoms with Gasteiger partial charge in [0.25, 0.3) is 0 Å². The van der Waals surface area contributed by atoms with Crippen LogP contribution in [0.1, 0.15) is 48.4 Å². The third kappa shape index (κ3) is 7.24. The second kappa shape index (κ2) is 11.4. The number of allylic oxidation sites excluding steroid dienone is 1. The summed E-state index contributed by atoms with van der Waals surface area (Å²) in [6, 6.07) is 14.9. The van der Waals surface area contributed by atoms with Crippen LogP contribution < -0.4 is 0 Å². The first-order chi connectivity index (χ1) is 16.2. The number of hydrogen-bond donors (Lipinski definition) is 0. The molecule has 0 spiro atoms. The van der Waals surface area contributed by atoms with Gasteiger partial charge in [0, 0.05) is 11.6 Å². The van der Waals surface area contributed by atoms with Crippen molar-refractivity contribution in [3.63, 3.8) is 0 Å². The second-order valence-corrected chi connectivity index (χ2v) is 8.31. The fourth-order valence-electron chi connectivity index (χ4n) is 3.77. The van der Waals surface area contributed by atoms with Gasteiger partial charge in [-0.2, -0.15) is 13.2 Å². The zero-order valence-electron chi connectivity index (χ0n) is 18.9. The minimum absolute atomic E-state index is 0.139. The summed E-state index contributed by atoms with van der Waals surface area (Å²) in [5, 5.41) is 0. The van der Waals surface area contributed by atoms with Gasteiger partial charge in [-0.05, 0) is 77.8 Å². The SMILES string of the molecule is CCCCCc1ccc(-c2ccc(CCc3cc(F)c(C=CC(F)(F)F)c(F)c3)c(F)c2)cc1. The van der Waals surface area contributed by atoms with Crippen molar-refractivity contribution in [1.82, 2.24) is 0 Å². The van der Waals surface area contributed by atoms with Crippen LogP contribution in [0.5, 0.6) is 0 Å². The first kappa shape index (κ1) is 25.6. The Kier molecular flexibility index (Phi) is 8.59. The van der Waals surface area contributed by atoms with Crippen molar-refractivity contribution in [3.05, 3.63) is 100 Å². The minimum Gasteiger partial charge on any atom is -0.207 e. The number of hydrogen-bond acceptors (Lipinski definition) is 0. The van der Waals surface area contributed by atoms with E-state index in [0.29, 0.717) is 11.6 Å². The van der Waals surface area contributed by atoms with Crippen LogP contribution in [-0.2, 0) is 19.3 Å². The van der Waals surface area contributed by atoms with E-state index in [2.05, 4.69) is 6.92 Å². The van der Waals surface area contributed by atoms with Gasteiger partial charge in [-0.1, -0.05) is 56.2 Å². The average Bonchev–Trinajstić information content (AvgIpc) is 2.77. The summed E-state index contributed by atoms with van der Waals surface area (Å²) in [4.78, 5) is 0. The van der Waals surface area contributed by atoms with E-state index in [1.807, 2.05) is 24.3 Å². The second-order valence-electron chi connectivity index (χ2n) is 8.31. The van der Waals surface area contributed by atoms with Crippen LogP contribution in [-0.4, -0.2) is 6.18 Å². The van der Waals surface area contributed by atoms with Crippen LogP contribution in [0.3, 0.4) is 0 Å². The molecule has 0 fully saturated rings. The lowest BCUT2D eigenvalue weighted by Crippen LogP contribution is -2.02. The lowest BCUT2D eigenvalue weighted by molar-refractivity contribution is -0.0790. The van der Waals surface area contributed by atoms with Gasteiger partial charge in [0.1, 0.15) is 17.5 Å². The zero-order chi connectivity index (χ0) is 24.7. The molecule has 0 radical (unpaired) electrons. The molecular weight excluding hydrogens is 450 g/mol. The Hall–Kier alpha value is -3.02. The van der Waals surface area contributed by atoms with Gasteiger partial charge < -0.3 is 0 Å². The van der Waals surface area contributed by atoms with Crippen molar-refractivity contribution >= 4 is 6.08 Å². The van der Waals surface area contributed by atoms with Crippen molar-refractivity contribution in [2.75, 3.05) is 0 Å². The van der Waals surface area contributed by atoms with Crippen LogP contribution in [0.15, 0.2) is 60.7 Å². The van der Waals surface area contributed by atoms with Crippen LogP contribution in [0.4, 0.5) is 26.3 Å². The summed E-state index contributed by atoms with van der Waals surface area (Å²) >= 11 is 0. The Morgan fingerprint density at radius 1 is 0.676 bits per heavy atom. The lowest BCUT2D eigenvalue weighted by atomic mass is 9.97. The molecule has 0 aliphatic carbocycles. The third-order valence-electron chi connectivity index (χ3n) is 5.67. The van der Waals surface area contributed by atoms with Crippen molar-refractivity contribution in [2.24, 2.45) is 0 Å². The van der Waals surface area contributed by atoms with E-state index in [1.54, 1.807) is 12.1 Å². The van der Waals surface area contributed by atoms with Gasteiger partial charge >= 0.3 is 6.18 Å². The van der Waals surface area contributed by atoms with Gasteiger partial charge in [-0.15, -0.1) is 0 Å². The number of rotatable bonds is 9. The maximum atomic E-state index is 14.7. The summed E-state index contributed by atoms with van der Waals surface area (Å²) in [6.45, 7) is 2.16. The highest BCUT2D eigenvalue weighted by Gasteiger charge is 2.23. The molecule has 0 aliphatic heterocycles. The third-order valence-corrected chi connectivity index (χ3v) is 5.67. The van der Waals surface area contributed by atoms with Gasteiger partial charge in [0.05, 0.1) is 0 Å². The Labute approximate surface area is 195 Å². The lowest BCUT2D eigenvalue weighted by Gasteiger charge is -2.09. The largest absolute Gasteiger partial charge is 0.409 e. The Morgan fingerprint density at radius 2 is 1.32 bits per heavy atom. The molecule has 6 heteroatoms. The number of benzene rings is 3. The van der Waals surface area contributed by atoms with Crippen molar-refractivity contribution in [1.29, 1.82) is 0 Å². The Morgan fingerprint density at radius 3 is 1.91 bits per heavy atom. The van der Waals surface area contributed by atoms with Crippen LogP contribution >= 0.6 is 0 Å². The van der Waals surface area contributed by atoms with Gasteiger partial charge in [-0.25, -0.2) is 13.2 Å². The maximum absolute atomic E-state index is 14.7. The fraction of sp³-hybridized carbons (Fsp3) is 0.286. The molecule has 3 aromatic carbocycles. The molecule has 180 valence electrons. The first-order valence-corrected chi connectivity index (χ1v) is 11.3. The summed E-state index contributed by atoms with van der Waals surface area (Å²) < 4.78 is 79.7. The molecule has 0 heterocycles. The molecule has 0 amide bonds. The number of alkyl halides is 3. The quantitative estimate of drug-likeness (QED) is 0.214. The van der Waals surface area contributed by atoms with Gasteiger partial charge in [0.2, 0.25) is 0 Å². The smallest absolute Gasteiger partial charge is 0.207 e. The van der Waals surface area contributed by atoms with E-state index in [9.17, 15) is 26.3 Å². The Balaban J connectivity index is 1.67. The molecule has 0 nitrogen and oxygen atoms in total. The number of unbranched alkanes of at least 4 members (excludes halogenated alkanes) is 2. The predicted octanol–water partition coefficient (Wildman–Crippen LogP) is 8.86. The number of halogens is 6. The molecule has 3 rings (SSSR count). The molecule has 34 heavy (non-hydrogen) atoms. The van der Waals surface area contributed by atoms with E-state index in [4.69, 9.17) is 0 Å². The van der Waals surface area contributed by atoms with E-state index in [1.165, 1.54) is 18.1 Å². The normalized spacial score (nSPS) is 12.0. The molecule has 0 saturated heterocycles. The molecule has 0 aromatic heterocycles. The molecule has 0 N–H and O–H groups in total. The van der Waals surface area contributed by atoms with E-state index in [-0.39, 0.29) is 24.5 Å². The topological polar surface area (TPSA) is 0 Å². The van der Waals surface area contributed by atoms with E-state index < -0.39 is 29.2 Å². The molecule has 0 aliphatic rings. The Bertz CT molecular complexity index is 1100. The predicted molar refractivity (Wildman–Crippen MR) is 124 cm³/mol. The molecule has 3 aromatic rings. The van der Waals surface area contributed by atoms with Crippen molar-refractivity contribution in [2.45, 2.75) is 51.6 Å². The summed E-state index contributed by atoms with van der Waals surface area (Å²) in [5.41, 5.74) is 2.75. The highest BCUT2D eigenvalue weighted by molar-refractivity contribution is 5.64. The first-order valence-electron chi connectivity index (χ1n) is 11.3. The number of aryl methyl sites for hydroxylation is 3. The van der Waals surface area contributed by atoms with E-state index >= 15 is 0 Å². The maximum Gasteiger partial charge on any atom is 0.409 e. The van der Waals surface area contributed by atoms with Gasteiger partial charge in [0.15, 0.2) is 0 Å².